The lowest BCUT2D eigenvalue weighted by molar-refractivity contribution is 0.0785. The molecule has 0 saturated carbocycles. The third-order valence-electron chi connectivity index (χ3n) is 4.28. The maximum atomic E-state index is 12.7. The van der Waals surface area contributed by atoms with Gasteiger partial charge in [-0.25, -0.2) is 8.42 Å². The van der Waals surface area contributed by atoms with Crippen LogP contribution in [0.15, 0.2) is 36.4 Å². The van der Waals surface area contributed by atoms with E-state index < -0.39 is 10.0 Å². The molecule has 0 fully saturated rings. The molecule has 9 heteroatoms. The largest absolute Gasteiger partial charge is 0.493 e. The minimum absolute atomic E-state index is 0.0226. The molecule has 0 aliphatic carbocycles. The van der Waals surface area contributed by atoms with Gasteiger partial charge in [-0.05, 0) is 48.9 Å². The van der Waals surface area contributed by atoms with Gasteiger partial charge >= 0.3 is 0 Å². The second-order valence-corrected chi connectivity index (χ2v) is 8.29. The number of nitrogens with zero attached hydrogens (tertiary/aromatic N) is 1. The molecule has 158 valence electrons. The van der Waals surface area contributed by atoms with Gasteiger partial charge in [0.25, 0.3) is 5.91 Å². The van der Waals surface area contributed by atoms with Gasteiger partial charge in [-0.15, -0.1) is 0 Å². The number of nitrogens with one attached hydrogen (secondary N) is 1. The third-order valence-corrected chi connectivity index (χ3v) is 5.58. The molecule has 0 spiro atoms. The Hall–Kier alpha value is -2.94. The average molecular weight is 423 g/mol. The highest BCUT2D eigenvalue weighted by atomic mass is 32.2. The Morgan fingerprint density at radius 1 is 1.00 bits per heavy atom. The first-order chi connectivity index (χ1) is 13.7. The van der Waals surface area contributed by atoms with Gasteiger partial charge in [0.2, 0.25) is 15.8 Å². The number of carbonyl (C=O) groups excluding carboxylic acids is 1. The summed E-state index contributed by atoms with van der Waals surface area (Å²) in [5.41, 5.74) is 1.66. The Kier molecular flexibility index (Phi) is 7.33. The second-order valence-electron chi connectivity index (χ2n) is 6.28. The predicted molar refractivity (Wildman–Crippen MR) is 111 cm³/mol. The molecule has 0 atom stereocenters. The first-order valence-electron chi connectivity index (χ1n) is 8.89. The quantitative estimate of drug-likeness (QED) is 0.668. The number of sulfonamides is 1. The van der Waals surface area contributed by atoms with Crippen LogP contribution in [0.3, 0.4) is 0 Å². The SMILES string of the molecule is CCS(=O)(=O)Nc1ccc(C(=O)N(C)Cc2cc(OC)c(OC)c(OC)c2)cc1. The lowest BCUT2D eigenvalue weighted by atomic mass is 10.1. The summed E-state index contributed by atoms with van der Waals surface area (Å²) >= 11 is 0. The number of methoxy groups -OCH3 is 3. The Balaban J connectivity index is 2.17. The van der Waals surface area contributed by atoms with Crippen molar-refractivity contribution in [3.63, 3.8) is 0 Å². The molecule has 0 aliphatic heterocycles. The molecular formula is C20H26N2O6S. The van der Waals surface area contributed by atoms with E-state index in [0.717, 1.165) is 5.56 Å². The van der Waals surface area contributed by atoms with Crippen LogP contribution in [0.4, 0.5) is 5.69 Å². The number of rotatable bonds is 9. The zero-order chi connectivity index (χ0) is 21.6. The molecule has 0 bridgehead atoms. The van der Waals surface area contributed by atoms with Crippen molar-refractivity contribution in [1.82, 2.24) is 4.90 Å². The van der Waals surface area contributed by atoms with E-state index in [1.165, 1.54) is 21.3 Å². The Morgan fingerprint density at radius 3 is 2.00 bits per heavy atom. The average Bonchev–Trinajstić information content (AvgIpc) is 2.72. The van der Waals surface area contributed by atoms with Crippen molar-refractivity contribution in [2.75, 3.05) is 38.9 Å². The molecule has 1 N–H and O–H groups in total. The molecule has 2 rings (SSSR count). The number of carbonyl (C=O) groups is 1. The topological polar surface area (TPSA) is 94.2 Å². The van der Waals surface area contributed by atoms with Crippen molar-refractivity contribution < 1.29 is 27.4 Å². The molecule has 0 aromatic heterocycles. The predicted octanol–water partition coefficient (Wildman–Crippen LogP) is 2.75. The Morgan fingerprint density at radius 2 is 1.55 bits per heavy atom. The second kappa shape index (κ2) is 9.51. The summed E-state index contributed by atoms with van der Waals surface area (Å²) < 4.78 is 41.7. The van der Waals surface area contributed by atoms with Gasteiger partial charge < -0.3 is 19.1 Å². The summed E-state index contributed by atoms with van der Waals surface area (Å²) in [4.78, 5) is 14.3. The van der Waals surface area contributed by atoms with Crippen LogP contribution < -0.4 is 18.9 Å². The monoisotopic (exact) mass is 422 g/mol. The highest BCUT2D eigenvalue weighted by molar-refractivity contribution is 7.92. The summed E-state index contributed by atoms with van der Waals surface area (Å²) in [6, 6.07) is 9.87. The van der Waals surface area contributed by atoms with Gasteiger partial charge in [-0.1, -0.05) is 0 Å². The first-order valence-corrected chi connectivity index (χ1v) is 10.5. The lowest BCUT2D eigenvalue weighted by Crippen LogP contribution is -2.26. The summed E-state index contributed by atoms with van der Waals surface area (Å²) in [6.07, 6.45) is 0. The van der Waals surface area contributed by atoms with Crippen molar-refractivity contribution in [1.29, 1.82) is 0 Å². The van der Waals surface area contributed by atoms with E-state index in [9.17, 15) is 13.2 Å². The minimum Gasteiger partial charge on any atom is -0.493 e. The van der Waals surface area contributed by atoms with E-state index in [0.29, 0.717) is 35.0 Å². The molecule has 0 heterocycles. The number of amides is 1. The maximum absolute atomic E-state index is 12.7. The smallest absolute Gasteiger partial charge is 0.253 e. The van der Waals surface area contributed by atoms with E-state index in [1.807, 2.05) is 0 Å². The van der Waals surface area contributed by atoms with Gasteiger partial charge in [0.15, 0.2) is 11.5 Å². The summed E-state index contributed by atoms with van der Waals surface area (Å²) in [5.74, 6) is 1.28. The third kappa shape index (κ3) is 5.54. The van der Waals surface area contributed by atoms with Crippen molar-refractivity contribution in [2.24, 2.45) is 0 Å². The minimum atomic E-state index is -3.36. The molecule has 29 heavy (non-hydrogen) atoms. The lowest BCUT2D eigenvalue weighted by Gasteiger charge is -2.20. The highest BCUT2D eigenvalue weighted by Gasteiger charge is 2.17. The van der Waals surface area contributed by atoms with Gasteiger partial charge in [0.1, 0.15) is 0 Å². The van der Waals surface area contributed by atoms with Crippen LogP contribution in [-0.2, 0) is 16.6 Å². The van der Waals surface area contributed by atoms with E-state index in [4.69, 9.17) is 14.2 Å². The molecule has 8 nitrogen and oxygen atoms in total. The summed E-state index contributed by atoms with van der Waals surface area (Å²) in [6.45, 7) is 1.87. The normalized spacial score (nSPS) is 10.9. The first kappa shape index (κ1) is 22.4. The zero-order valence-corrected chi connectivity index (χ0v) is 18.0. The maximum Gasteiger partial charge on any atom is 0.253 e. The standard InChI is InChI=1S/C20H26N2O6S/c1-6-29(24,25)21-16-9-7-15(8-10-16)20(23)22(2)13-14-11-17(26-3)19(28-5)18(12-14)27-4/h7-12,21H,6,13H2,1-5H3. The highest BCUT2D eigenvalue weighted by Crippen LogP contribution is 2.38. The van der Waals surface area contributed by atoms with Crippen molar-refractivity contribution in [2.45, 2.75) is 13.5 Å². The van der Waals surface area contributed by atoms with Crippen LogP contribution in [0.1, 0.15) is 22.8 Å². The van der Waals surface area contributed by atoms with Crippen LogP contribution in [0.25, 0.3) is 0 Å². The van der Waals surface area contributed by atoms with Crippen LogP contribution in [0, 0.1) is 0 Å². The van der Waals surface area contributed by atoms with Crippen LogP contribution >= 0.6 is 0 Å². The van der Waals surface area contributed by atoms with Crippen LogP contribution in [0.5, 0.6) is 17.2 Å². The molecule has 2 aromatic rings. The fourth-order valence-electron chi connectivity index (χ4n) is 2.73. The van der Waals surface area contributed by atoms with Crippen molar-refractivity contribution in [3.05, 3.63) is 47.5 Å². The molecule has 0 saturated heterocycles. The number of ether oxygens (including phenoxy) is 3. The van der Waals surface area contributed by atoms with E-state index in [1.54, 1.807) is 55.3 Å². The van der Waals surface area contributed by atoms with Gasteiger partial charge in [-0.2, -0.15) is 0 Å². The zero-order valence-electron chi connectivity index (χ0n) is 17.2. The van der Waals surface area contributed by atoms with Gasteiger partial charge in [-0.3, -0.25) is 9.52 Å². The number of anilines is 1. The van der Waals surface area contributed by atoms with Crippen LogP contribution in [-0.4, -0.2) is 53.4 Å². The fourth-order valence-corrected chi connectivity index (χ4v) is 3.36. The Labute approximate surface area is 171 Å². The molecule has 0 unspecified atom stereocenters. The number of benzene rings is 2. The van der Waals surface area contributed by atoms with Gasteiger partial charge in [0.05, 0.1) is 27.1 Å². The van der Waals surface area contributed by atoms with Crippen molar-refractivity contribution >= 4 is 21.6 Å². The number of hydrogen-bond acceptors (Lipinski definition) is 6. The number of hydrogen-bond donors (Lipinski definition) is 1. The molecule has 0 aliphatic rings. The Bertz CT molecular complexity index is 932. The molecule has 1 amide bonds. The summed E-state index contributed by atoms with van der Waals surface area (Å²) in [7, 11) is 2.91. The molecular weight excluding hydrogens is 396 g/mol. The molecule has 2 aromatic carbocycles. The summed E-state index contributed by atoms with van der Waals surface area (Å²) in [5, 5.41) is 0. The van der Waals surface area contributed by atoms with Gasteiger partial charge in [0, 0.05) is 24.8 Å². The van der Waals surface area contributed by atoms with E-state index in [2.05, 4.69) is 4.72 Å². The van der Waals surface area contributed by atoms with E-state index >= 15 is 0 Å². The fraction of sp³-hybridized carbons (Fsp3) is 0.350. The van der Waals surface area contributed by atoms with Crippen molar-refractivity contribution in [3.8, 4) is 17.2 Å². The van der Waals surface area contributed by atoms with E-state index in [-0.39, 0.29) is 11.7 Å². The van der Waals surface area contributed by atoms with Crippen LogP contribution in [0.2, 0.25) is 0 Å². The molecule has 0 radical (unpaired) electrons.